The monoisotopic (exact) mass is 267 g/mol. The third-order valence-corrected chi connectivity index (χ3v) is 4.51. The molecular formula is C15H25NO3. The van der Waals surface area contributed by atoms with Crippen LogP contribution in [0.1, 0.15) is 52.9 Å². The average molecular weight is 267 g/mol. The fraction of sp³-hybridized carbons (Fsp3) is 0.867. The van der Waals surface area contributed by atoms with Crippen LogP contribution in [0, 0.1) is 17.8 Å². The standard InChI is InChI=1S/C15H25NO3/c1-9(2)11-5-4-10(3)8-13(11)19-15(18)12-6-7-14(17)16-12/h9-13H,4-8H2,1-3H3,(H,16,17)/t10-,11+,12+,13-/m0/s1. The summed E-state index contributed by atoms with van der Waals surface area (Å²) in [7, 11) is 0. The van der Waals surface area contributed by atoms with Gasteiger partial charge in [0, 0.05) is 6.42 Å². The Hall–Kier alpha value is -1.06. The Bertz CT molecular complexity index is 353. The first-order chi connectivity index (χ1) is 8.97. The van der Waals surface area contributed by atoms with E-state index in [1.54, 1.807) is 0 Å². The Morgan fingerprint density at radius 1 is 1.32 bits per heavy atom. The number of esters is 1. The van der Waals surface area contributed by atoms with Crippen molar-refractivity contribution >= 4 is 11.9 Å². The van der Waals surface area contributed by atoms with Gasteiger partial charge in [0.25, 0.3) is 0 Å². The van der Waals surface area contributed by atoms with Gasteiger partial charge in [-0.15, -0.1) is 0 Å². The minimum absolute atomic E-state index is 0.0220. The lowest BCUT2D eigenvalue weighted by atomic mass is 9.75. The molecule has 1 heterocycles. The van der Waals surface area contributed by atoms with E-state index in [2.05, 4.69) is 26.1 Å². The number of ether oxygens (including phenoxy) is 1. The molecule has 4 atom stereocenters. The van der Waals surface area contributed by atoms with Crippen LogP contribution in [-0.2, 0) is 14.3 Å². The molecule has 19 heavy (non-hydrogen) atoms. The number of carbonyl (C=O) groups is 2. The van der Waals surface area contributed by atoms with Gasteiger partial charge in [-0.2, -0.15) is 0 Å². The smallest absolute Gasteiger partial charge is 0.328 e. The summed E-state index contributed by atoms with van der Waals surface area (Å²) in [6.07, 6.45) is 4.34. The lowest BCUT2D eigenvalue weighted by Gasteiger charge is -2.37. The quantitative estimate of drug-likeness (QED) is 0.798. The first-order valence-electron chi connectivity index (χ1n) is 7.47. The number of carbonyl (C=O) groups excluding carboxylic acids is 2. The van der Waals surface area contributed by atoms with Crippen LogP contribution in [0.2, 0.25) is 0 Å². The van der Waals surface area contributed by atoms with Crippen LogP contribution in [0.5, 0.6) is 0 Å². The summed E-state index contributed by atoms with van der Waals surface area (Å²) >= 11 is 0. The van der Waals surface area contributed by atoms with Crippen molar-refractivity contribution in [2.75, 3.05) is 0 Å². The van der Waals surface area contributed by atoms with Crippen molar-refractivity contribution in [2.45, 2.75) is 65.0 Å². The average Bonchev–Trinajstić information content (AvgIpc) is 2.75. The summed E-state index contributed by atoms with van der Waals surface area (Å²) in [5.74, 6) is 1.32. The number of nitrogens with one attached hydrogen (secondary N) is 1. The van der Waals surface area contributed by atoms with Crippen molar-refractivity contribution < 1.29 is 14.3 Å². The zero-order chi connectivity index (χ0) is 14.0. The van der Waals surface area contributed by atoms with Crippen LogP contribution >= 0.6 is 0 Å². The minimum Gasteiger partial charge on any atom is -0.461 e. The number of amides is 1. The molecule has 0 aromatic carbocycles. The van der Waals surface area contributed by atoms with E-state index in [4.69, 9.17) is 4.74 Å². The van der Waals surface area contributed by atoms with Crippen molar-refractivity contribution in [1.29, 1.82) is 0 Å². The molecule has 0 aromatic rings. The maximum absolute atomic E-state index is 12.1. The molecule has 0 unspecified atom stereocenters. The predicted molar refractivity (Wildman–Crippen MR) is 72.4 cm³/mol. The summed E-state index contributed by atoms with van der Waals surface area (Å²) in [5.41, 5.74) is 0. The van der Waals surface area contributed by atoms with E-state index in [0.29, 0.717) is 30.6 Å². The van der Waals surface area contributed by atoms with Crippen molar-refractivity contribution in [3.8, 4) is 0 Å². The van der Waals surface area contributed by atoms with Gasteiger partial charge in [0.15, 0.2) is 0 Å². The molecule has 0 aromatic heterocycles. The van der Waals surface area contributed by atoms with Gasteiger partial charge in [-0.25, -0.2) is 4.79 Å². The first-order valence-corrected chi connectivity index (χ1v) is 7.47. The largest absolute Gasteiger partial charge is 0.461 e. The van der Waals surface area contributed by atoms with Gasteiger partial charge in [0.05, 0.1) is 0 Å². The topological polar surface area (TPSA) is 55.4 Å². The van der Waals surface area contributed by atoms with Gasteiger partial charge in [0.1, 0.15) is 12.1 Å². The second-order valence-corrected chi connectivity index (χ2v) is 6.46. The van der Waals surface area contributed by atoms with Gasteiger partial charge < -0.3 is 10.1 Å². The number of rotatable bonds is 3. The van der Waals surface area contributed by atoms with Gasteiger partial charge in [0.2, 0.25) is 5.91 Å². The van der Waals surface area contributed by atoms with Gasteiger partial charge in [-0.05, 0) is 37.0 Å². The summed E-state index contributed by atoms with van der Waals surface area (Å²) < 4.78 is 5.71. The summed E-state index contributed by atoms with van der Waals surface area (Å²) in [5, 5.41) is 2.69. The van der Waals surface area contributed by atoms with E-state index in [-0.39, 0.29) is 18.0 Å². The summed E-state index contributed by atoms with van der Waals surface area (Å²) in [6.45, 7) is 6.60. The highest BCUT2D eigenvalue weighted by atomic mass is 16.5. The molecule has 108 valence electrons. The van der Waals surface area contributed by atoms with Crippen LogP contribution in [0.15, 0.2) is 0 Å². The molecule has 1 saturated carbocycles. The van der Waals surface area contributed by atoms with E-state index in [0.717, 1.165) is 12.8 Å². The molecule has 2 aliphatic rings. The molecule has 1 aliphatic heterocycles. The predicted octanol–water partition coefficient (Wildman–Crippen LogP) is 2.27. The highest BCUT2D eigenvalue weighted by Gasteiger charge is 2.36. The maximum Gasteiger partial charge on any atom is 0.328 e. The summed E-state index contributed by atoms with van der Waals surface area (Å²) in [4.78, 5) is 23.3. The fourth-order valence-electron chi connectivity index (χ4n) is 3.27. The minimum atomic E-state index is -0.419. The van der Waals surface area contributed by atoms with E-state index < -0.39 is 6.04 Å². The normalized spacial score (nSPS) is 35.3. The van der Waals surface area contributed by atoms with E-state index in [9.17, 15) is 9.59 Å². The molecule has 1 amide bonds. The SMILES string of the molecule is CC(C)[C@H]1CC[C@H](C)C[C@@H]1OC(=O)[C@H]1CCC(=O)N1. The Kier molecular flexibility index (Phi) is 4.48. The molecule has 2 rings (SSSR count). The van der Waals surface area contributed by atoms with Gasteiger partial charge >= 0.3 is 5.97 Å². The third-order valence-electron chi connectivity index (χ3n) is 4.51. The molecule has 1 saturated heterocycles. The Morgan fingerprint density at radius 3 is 2.63 bits per heavy atom. The molecule has 0 radical (unpaired) electrons. The number of hydrogen-bond donors (Lipinski definition) is 1. The zero-order valence-corrected chi connectivity index (χ0v) is 12.1. The molecule has 4 heteroatoms. The van der Waals surface area contributed by atoms with Crippen molar-refractivity contribution in [3.05, 3.63) is 0 Å². The third kappa shape index (κ3) is 3.48. The van der Waals surface area contributed by atoms with Crippen molar-refractivity contribution in [3.63, 3.8) is 0 Å². The van der Waals surface area contributed by atoms with Crippen molar-refractivity contribution in [1.82, 2.24) is 5.32 Å². The van der Waals surface area contributed by atoms with Gasteiger partial charge in [-0.3, -0.25) is 4.79 Å². The molecule has 1 N–H and O–H groups in total. The number of hydrogen-bond acceptors (Lipinski definition) is 3. The first kappa shape index (κ1) is 14.4. The zero-order valence-electron chi connectivity index (χ0n) is 12.1. The Morgan fingerprint density at radius 2 is 2.05 bits per heavy atom. The highest BCUT2D eigenvalue weighted by Crippen LogP contribution is 2.35. The molecule has 0 spiro atoms. The van der Waals surface area contributed by atoms with Crippen LogP contribution < -0.4 is 5.32 Å². The molecule has 4 nitrogen and oxygen atoms in total. The maximum atomic E-state index is 12.1. The van der Waals surface area contributed by atoms with E-state index in [1.807, 2.05) is 0 Å². The second-order valence-electron chi connectivity index (χ2n) is 6.46. The molecule has 2 fully saturated rings. The molecule has 1 aliphatic carbocycles. The van der Waals surface area contributed by atoms with Crippen LogP contribution in [-0.4, -0.2) is 24.0 Å². The van der Waals surface area contributed by atoms with Crippen LogP contribution in [0.3, 0.4) is 0 Å². The van der Waals surface area contributed by atoms with Crippen LogP contribution in [0.25, 0.3) is 0 Å². The van der Waals surface area contributed by atoms with E-state index >= 15 is 0 Å². The molecular weight excluding hydrogens is 242 g/mol. The van der Waals surface area contributed by atoms with Crippen molar-refractivity contribution in [2.24, 2.45) is 17.8 Å². The summed E-state index contributed by atoms with van der Waals surface area (Å²) in [6, 6.07) is -0.419. The van der Waals surface area contributed by atoms with Crippen LogP contribution in [0.4, 0.5) is 0 Å². The fourth-order valence-corrected chi connectivity index (χ4v) is 3.27. The Labute approximate surface area is 115 Å². The van der Waals surface area contributed by atoms with E-state index in [1.165, 1.54) is 6.42 Å². The highest BCUT2D eigenvalue weighted by molar-refractivity contribution is 5.88. The molecule has 0 bridgehead atoms. The Balaban J connectivity index is 1.94. The van der Waals surface area contributed by atoms with Gasteiger partial charge in [-0.1, -0.05) is 27.2 Å². The lowest BCUT2D eigenvalue weighted by molar-refractivity contribution is -0.158. The lowest BCUT2D eigenvalue weighted by Crippen LogP contribution is -2.41. The second kappa shape index (κ2) is 5.93.